The van der Waals surface area contributed by atoms with Gasteiger partial charge >= 0.3 is 0 Å². The molecule has 7 rings (SSSR count). The zero-order valence-corrected chi connectivity index (χ0v) is 36.0. The fraction of sp³-hybridized carbons (Fsp3) is 0.277. The summed E-state index contributed by atoms with van der Waals surface area (Å²) >= 11 is 0. The number of aromatic nitrogens is 2. The van der Waals surface area contributed by atoms with Crippen molar-refractivity contribution in [3.05, 3.63) is 132 Å². The fourth-order valence-electron chi connectivity index (χ4n) is 6.69. The van der Waals surface area contributed by atoms with Crippen molar-refractivity contribution in [2.75, 3.05) is 7.11 Å². The zero-order chi connectivity index (χ0) is 37.2. The zero-order valence-electron chi connectivity index (χ0n) is 32.6. The third kappa shape index (κ3) is 9.24. The van der Waals surface area contributed by atoms with Gasteiger partial charge in [0.05, 0.1) is 20.8 Å². The van der Waals surface area contributed by atoms with E-state index in [0.29, 0.717) is 5.92 Å². The monoisotopic (exact) mass is 895 g/mol. The molecular formula is C47H50IrN2O2Si-2. The Kier molecular flexibility index (Phi) is 12.3. The van der Waals surface area contributed by atoms with E-state index in [0.717, 1.165) is 67.8 Å². The number of hydrogen-bond acceptors (Lipinski definition) is 4. The third-order valence-corrected chi connectivity index (χ3v) is 11.4. The molecule has 275 valence electrons. The van der Waals surface area contributed by atoms with Gasteiger partial charge in [-0.15, -0.1) is 59.7 Å². The van der Waals surface area contributed by atoms with Crippen LogP contribution in [-0.2, 0) is 26.5 Å². The second-order valence-electron chi connectivity index (χ2n) is 16.2. The number of nitrogens with zero attached hydrogens (tertiary/aromatic N) is 2. The summed E-state index contributed by atoms with van der Waals surface area (Å²) in [4.78, 5) is 9.40. The molecule has 0 N–H and O–H groups in total. The molecule has 3 aromatic heterocycles. The number of fused-ring (bicyclic) bond motifs is 3. The molecule has 0 atom stereocenters. The Hall–Kier alpha value is -4.35. The summed E-state index contributed by atoms with van der Waals surface area (Å²) in [5.74, 6) is 1.31. The Morgan fingerprint density at radius 3 is 2.15 bits per heavy atom. The number of methoxy groups -OCH3 is 1. The second-order valence-corrected chi connectivity index (χ2v) is 21.3. The second kappa shape index (κ2) is 16.3. The van der Waals surface area contributed by atoms with Crippen LogP contribution in [0.4, 0.5) is 0 Å². The molecule has 0 aliphatic carbocycles. The molecule has 0 saturated heterocycles. The molecule has 3 heterocycles. The van der Waals surface area contributed by atoms with Gasteiger partial charge in [0.2, 0.25) is 0 Å². The molecule has 0 fully saturated rings. The Labute approximate surface area is 330 Å². The van der Waals surface area contributed by atoms with Crippen molar-refractivity contribution >= 4 is 35.2 Å². The van der Waals surface area contributed by atoms with E-state index in [4.69, 9.17) is 14.1 Å². The summed E-state index contributed by atoms with van der Waals surface area (Å²) in [5.41, 5.74) is 12.0. The molecule has 1 radical (unpaired) electrons. The number of hydrogen-bond donors (Lipinski definition) is 0. The van der Waals surface area contributed by atoms with E-state index in [9.17, 15) is 0 Å². The summed E-state index contributed by atoms with van der Waals surface area (Å²) in [6.07, 6.45) is 5.07. The van der Waals surface area contributed by atoms with Gasteiger partial charge in [0, 0.05) is 44.0 Å². The van der Waals surface area contributed by atoms with Gasteiger partial charge in [0.15, 0.2) is 0 Å². The summed E-state index contributed by atoms with van der Waals surface area (Å²) in [7, 11) is 0.346. The molecule has 4 nitrogen and oxygen atoms in total. The van der Waals surface area contributed by atoms with E-state index in [-0.39, 0.29) is 25.5 Å². The van der Waals surface area contributed by atoms with Crippen LogP contribution in [0.1, 0.15) is 57.2 Å². The van der Waals surface area contributed by atoms with Gasteiger partial charge in [0.1, 0.15) is 11.3 Å². The summed E-state index contributed by atoms with van der Waals surface area (Å²) in [5, 5.41) is 3.61. The van der Waals surface area contributed by atoms with Crippen LogP contribution in [0.15, 0.2) is 108 Å². The van der Waals surface area contributed by atoms with Crippen LogP contribution in [0.2, 0.25) is 19.6 Å². The van der Waals surface area contributed by atoms with Gasteiger partial charge < -0.3 is 19.1 Å². The smallest absolute Gasteiger partial charge is 0.125 e. The van der Waals surface area contributed by atoms with Crippen LogP contribution in [-0.4, -0.2) is 25.2 Å². The van der Waals surface area contributed by atoms with E-state index >= 15 is 0 Å². The predicted octanol–water partition coefficient (Wildman–Crippen LogP) is 12.2. The molecular weight excluding hydrogens is 845 g/mol. The van der Waals surface area contributed by atoms with Gasteiger partial charge in [0.25, 0.3) is 0 Å². The molecule has 0 saturated carbocycles. The van der Waals surface area contributed by atoms with Gasteiger partial charge in [-0.25, -0.2) is 0 Å². The normalized spacial score (nSPS) is 11.7. The summed E-state index contributed by atoms with van der Waals surface area (Å²) in [6.45, 7) is 20.6. The van der Waals surface area contributed by atoms with Gasteiger partial charge in [-0.1, -0.05) is 113 Å². The number of ether oxygens (including phenoxy) is 1. The minimum absolute atomic E-state index is 0. The molecule has 0 unspecified atom stereocenters. The van der Waals surface area contributed by atoms with E-state index in [1.54, 1.807) is 7.11 Å². The number of furan rings is 1. The first-order valence-corrected chi connectivity index (χ1v) is 21.7. The SMILES string of the molecule is CC(C)c1cc(-c2[c-]cccc2)ncc1[Si](C)(C)C.COc1cc(-c2ccccc2)c2c(c1)oc1c[c-]c(-c3cc(CC(C)(C)C)c(C)cn3)cc12.[Ir]. The number of rotatable bonds is 7. The fourth-order valence-corrected chi connectivity index (χ4v) is 8.36. The maximum absolute atomic E-state index is 6.22. The topological polar surface area (TPSA) is 48.2 Å². The molecule has 4 aromatic carbocycles. The van der Waals surface area contributed by atoms with E-state index in [1.165, 1.54) is 21.9 Å². The van der Waals surface area contributed by atoms with Gasteiger partial charge in [-0.05, 0) is 64.0 Å². The number of pyridine rings is 2. The Balaban J connectivity index is 0.000000232. The first-order valence-electron chi connectivity index (χ1n) is 18.2. The maximum atomic E-state index is 6.22. The quantitative estimate of drug-likeness (QED) is 0.118. The molecule has 0 spiro atoms. The van der Waals surface area contributed by atoms with Crippen LogP contribution in [0.25, 0.3) is 55.6 Å². The predicted molar refractivity (Wildman–Crippen MR) is 221 cm³/mol. The van der Waals surface area contributed by atoms with Crippen molar-refractivity contribution in [2.45, 2.75) is 73.5 Å². The van der Waals surface area contributed by atoms with Crippen molar-refractivity contribution in [1.82, 2.24) is 9.97 Å². The van der Waals surface area contributed by atoms with Crippen LogP contribution in [0, 0.1) is 24.5 Å². The first-order chi connectivity index (χ1) is 24.7. The number of aryl methyl sites for hydroxylation is 1. The number of benzene rings is 4. The van der Waals surface area contributed by atoms with Crippen LogP contribution in [0.3, 0.4) is 0 Å². The van der Waals surface area contributed by atoms with Crippen molar-refractivity contribution in [2.24, 2.45) is 5.41 Å². The largest absolute Gasteiger partial charge is 0.500 e. The van der Waals surface area contributed by atoms with E-state index in [1.807, 2.05) is 42.6 Å². The van der Waals surface area contributed by atoms with E-state index < -0.39 is 8.07 Å². The van der Waals surface area contributed by atoms with E-state index in [2.05, 4.69) is 139 Å². The summed E-state index contributed by atoms with van der Waals surface area (Å²) < 4.78 is 11.8. The average molecular weight is 895 g/mol. The van der Waals surface area contributed by atoms with Crippen molar-refractivity contribution in [3.8, 4) is 39.4 Å². The Morgan fingerprint density at radius 1 is 0.811 bits per heavy atom. The summed E-state index contributed by atoms with van der Waals surface area (Å²) in [6, 6.07) is 37.6. The average Bonchev–Trinajstić information content (AvgIpc) is 3.50. The molecule has 0 bridgehead atoms. The Morgan fingerprint density at radius 2 is 1.51 bits per heavy atom. The van der Waals surface area contributed by atoms with Crippen molar-refractivity contribution in [3.63, 3.8) is 0 Å². The maximum Gasteiger partial charge on any atom is 0.125 e. The van der Waals surface area contributed by atoms with Crippen molar-refractivity contribution in [1.29, 1.82) is 0 Å². The van der Waals surface area contributed by atoms with Crippen molar-refractivity contribution < 1.29 is 29.3 Å². The molecule has 0 aliphatic rings. The first kappa shape index (κ1) is 39.8. The van der Waals surface area contributed by atoms with Crippen LogP contribution < -0.4 is 9.92 Å². The Bertz CT molecular complexity index is 2320. The minimum atomic E-state index is -1.34. The molecule has 53 heavy (non-hydrogen) atoms. The molecule has 6 heteroatoms. The van der Waals surface area contributed by atoms with Crippen LogP contribution >= 0.6 is 0 Å². The van der Waals surface area contributed by atoms with Crippen LogP contribution in [0.5, 0.6) is 5.75 Å². The van der Waals surface area contributed by atoms with Gasteiger partial charge in [-0.3, -0.25) is 0 Å². The third-order valence-electron chi connectivity index (χ3n) is 9.36. The molecule has 7 aromatic rings. The standard InChI is InChI=1S/C30H28NO2.C17H22NSi.Ir/c1-19-18-31-26(14-22(19)17-30(2,3)4)21-11-12-27-25(13-21)29-24(20-9-7-6-8-10-20)15-23(32-5)16-28(29)33-27;1-13(2)15-11-16(14-9-7-6-8-10-14)18-12-17(15)19(3,4)5;/h6-10,12-16,18H,17H2,1-5H3;6-9,11-13H,1-5H3;/q2*-1;. The van der Waals surface area contributed by atoms with Gasteiger partial charge in [-0.2, -0.15) is 0 Å². The molecule has 0 aliphatic heterocycles. The molecule has 0 amide bonds. The minimum Gasteiger partial charge on any atom is -0.500 e.